The predicted octanol–water partition coefficient (Wildman–Crippen LogP) is -0.0217. The molecule has 0 aromatic heterocycles. The molecule has 3 aliphatic rings. The Morgan fingerprint density at radius 3 is 2.76 bits per heavy atom. The van der Waals surface area contributed by atoms with E-state index < -0.39 is 0 Å². The van der Waals surface area contributed by atoms with Crippen LogP contribution in [-0.4, -0.2) is 73.1 Å². The van der Waals surface area contributed by atoms with Gasteiger partial charge >= 0.3 is 0 Å². The Morgan fingerprint density at radius 2 is 2.10 bits per heavy atom. The maximum Gasteiger partial charge on any atom is 0.242 e. The lowest BCUT2D eigenvalue weighted by molar-refractivity contribution is -0.148. The van der Waals surface area contributed by atoms with Gasteiger partial charge in [-0.3, -0.25) is 9.59 Å². The summed E-state index contributed by atoms with van der Waals surface area (Å²) in [6.45, 7) is 3.84. The molecular formula is C15H25N3O3. The lowest BCUT2D eigenvalue weighted by atomic mass is 10.1. The first-order valence-corrected chi connectivity index (χ1v) is 8.13. The van der Waals surface area contributed by atoms with Crippen LogP contribution in [0.5, 0.6) is 0 Å². The van der Waals surface area contributed by atoms with E-state index in [1.165, 1.54) is 12.8 Å². The molecule has 1 N–H and O–H groups in total. The van der Waals surface area contributed by atoms with Crippen molar-refractivity contribution in [2.24, 2.45) is 0 Å². The van der Waals surface area contributed by atoms with Gasteiger partial charge in [-0.15, -0.1) is 0 Å². The topological polar surface area (TPSA) is 61.9 Å². The molecule has 1 atom stereocenters. The van der Waals surface area contributed by atoms with Crippen molar-refractivity contribution >= 4 is 11.8 Å². The minimum Gasteiger partial charge on any atom is -0.375 e. The molecule has 0 spiro atoms. The molecule has 2 heterocycles. The minimum atomic E-state index is -0.0470. The van der Waals surface area contributed by atoms with E-state index in [1.54, 1.807) is 4.90 Å². The van der Waals surface area contributed by atoms with Crippen LogP contribution in [0, 0.1) is 0 Å². The first kappa shape index (κ1) is 14.8. The monoisotopic (exact) mass is 295 g/mol. The van der Waals surface area contributed by atoms with E-state index in [0.29, 0.717) is 32.2 Å². The largest absolute Gasteiger partial charge is 0.375 e. The summed E-state index contributed by atoms with van der Waals surface area (Å²) >= 11 is 0. The lowest BCUT2D eigenvalue weighted by Gasteiger charge is -2.38. The van der Waals surface area contributed by atoms with E-state index in [4.69, 9.17) is 4.74 Å². The van der Waals surface area contributed by atoms with Gasteiger partial charge in [0.2, 0.25) is 11.8 Å². The molecule has 2 aliphatic heterocycles. The van der Waals surface area contributed by atoms with Gasteiger partial charge in [0.1, 0.15) is 0 Å². The van der Waals surface area contributed by atoms with Crippen LogP contribution in [0.3, 0.4) is 0 Å². The molecule has 1 saturated carbocycles. The molecule has 0 bridgehead atoms. The molecule has 6 nitrogen and oxygen atoms in total. The Kier molecular flexibility index (Phi) is 4.75. The third-order valence-corrected chi connectivity index (χ3v) is 4.78. The van der Waals surface area contributed by atoms with Crippen LogP contribution < -0.4 is 5.32 Å². The summed E-state index contributed by atoms with van der Waals surface area (Å²) in [4.78, 5) is 28.3. The summed E-state index contributed by atoms with van der Waals surface area (Å²) < 4.78 is 5.56. The maximum absolute atomic E-state index is 12.3. The summed E-state index contributed by atoms with van der Waals surface area (Å²) in [5.41, 5.74) is 0. The molecule has 0 radical (unpaired) electrons. The molecule has 0 unspecified atom stereocenters. The Hall–Kier alpha value is -1.14. The van der Waals surface area contributed by atoms with Gasteiger partial charge in [-0.1, -0.05) is 12.8 Å². The highest BCUT2D eigenvalue weighted by Gasteiger charge is 2.33. The van der Waals surface area contributed by atoms with Gasteiger partial charge in [-0.05, 0) is 12.8 Å². The Bertz CT molecular complexity index is 390. The average molecular weight is 295 g/mol. The van der Waals surface area contributed by atoms with Gasteiger partial charge in [0.05, 0.1) is 25.7 Å². The van der Waals surface area contributed by atoms with Gasteiger partial charge in [-0.2, -0.15) is 0 Å². The van der Waals surface area contributed by atoms with Crippen molar-refractivity contribution in [3.63, 3.8) is 0 Å². The number of hydrogen-bond acceptors (Lipinski definition) is 4. The Balaban J connectivity index is 1.49. The SMILES string of the molecule is O=C(C[C@@H]1CNCCO1)N1CCN(C2CCCC2)C(=O)C1. The van der Waals surface area contributed by atoms with Crippen LogP contribution >= 0.6 is 0 Å². The second kappa shape index (κ2) is 6.75. The molecule has 2 amide bonds. The summed E-state index contributed by atoms with van der Waals surface area (Å²) in [5, 5.41) is 3.23. The van der Waals surface area contributed by atoms with Crippen LogP contribution in [0.1, 0.15) is 32.1 Å². The summed E-state index contributed by atoms with van der Waals surface area (Å²) in [7, 11) is 0. The summed E-state index contributed by atoms with van der Waals surface area (Å²) in [5.74, 6) is 0.160. The zero-order chi connectivity index (χ0) is 14.7. The molecule has 21 heavy (non-hydrogen) atoms. The fourth-order valence-corrected chi connectivity index (χ4v) is 3.58. The van der Waals surface area contributed by atoms with Crippen molar-refractivity contribution in [2.45, 2.75) is 44.2 Å². The Labute approximate surface area is 125 Å². The minimum absolute atomic E-state index is 0.0446. The van der Waals surface area contributed by atoms with Crippen molar-refractivity contribution in [1.82, 2.24) is 15.1 Å². The summed E-state index contributed by atoms with van der Waals surface area (Å²) in [6, 6.07) is 0.417. The quantitative estimate of drug-likeness (QED) is 0.795. The first-order valence-electron chi connectivity index (χ1n) is 8.13. The summed E-state index contributed by atoms with van der Waals surface area (Å²) in [6.07, 6.45) is 5.03. The van der Waals surface area contributed by atoms with Crippen molar-refractivity contribution in [2.75, 3.05) is 39.3 Å². The maximum atomic E-state index is 12.3. The fraction of sp³-hybridized carbons (Fsp3) is 0.867. The number of ether oxygens (including phenoxy) is 1. The van der Waals surface area contributed by atoms with Crippen molar-refractivity contribution in [1.29, 1.82) is 0 Å². The molecule has 0 aromatic carbocycles. The van der Waals surface area contributed by atoms with E-state index in [9.17, 15) is 9.59 Å². The number of hydrogen-bond donors (Lipinski definition) is 1. The van der Waals surface area contributed by atoms with Crippen molar-refractivity contribution in [3.8, 4) is 0 Å². The van der Waals surface area contributed by atoms with E-state index in [2.05, 4.69) is 5.32 Å². The number of piperazine rings is 1. The zero-order valence-electron chi connectivity index (χ0n) is 12.6. The van der Waals surface area contributed by atoms with E-state index in [0.717, 1.165) is 25.9 Å². The van der Waals surface area contributed by atoms with Crippen molar-refractivity contribution < 1.29 is 14.3 Å². The van der Waals surface area contributed by atoms with Crippen LogP contribution in [-0.2, 0) is 14.3 Å². The zero-order valence-corrected chi connectivity index (χ0v) is 12.6. The predicted molar refractivity (Wildman–Crippen MR) is 77.8 cm³/mol. The molecule has 1 aliphatic carbocycles. The number of nitrogens with one attached hydrogen (secondary N) is 1. The molecule has 2 saturated heterocycles. The second-order valence-electron chi connectivity index (χ2n) is 6.24. The number of carbonyl (C=O) groups excluding carboxylic acids is 2. The normalized spacial score (nSPS) is 28.2. The van der Waals surface area contributed by atoms with Crippen LogP contribution in [0.2, 0.25) is 0 Å². The molecule has 3 rings (SSSR count). The highest BCUT2D eigenvalue weighted by molar-refractivity contribution is 5.86. The molecular weight excluding hydrogens is 270 g/mol. The molecule has 3 fully saturated rings. The van der Waals surface area contributed by atoms with Crippen molar-refractivity contribution in [3.05, 3.63) is 0 Å². The average Bonchev–Trinajstić information content (AvgIpc) is 3.02. The van der Waals surface area contributed by atoms with Gasteiger partial charge in [-0.25, -0.2) is 0 Å². The highest BCUT2D eigenvalue weighted by Crippen LogP contribution is 2.25. The fourth-order valence-electron chi connectivity index (χ4n) is 3.58. The Morgan fingerprint density at radius 1 is 1.29 bits per heavy atom. The smallest absolute Gasteiger partial charge is 0.242 e. The number of amides is 2. The van der Waals surface area contributed by atoms with Gasteiger partial charge in [0.25, 0.3) is 0 Å². The van der Waals surface area contributed by atoms with Crippen LogP contribution in [0.25, 0.3) is 0 Å². The van der Waals surface area contributed by atoms with Crippen LogP contribution in [0.4, 0.5) is 0 Å². The van der Waals surface area contributed by atoms with Gasteiger partial charge in [0.15, 0.2) is 0 Å². The van der Waals surface area contributed by atoms with E-state index in [-0.39, 0.29) is 24.5 Å². The molecule has 6 heteroatoms. The lowest BCUT2D eigenvalue weighted by Crippen LogP contribution is -2.55. The molecule has 0 aromatic rings. The third-order valence-electron chi connectivity index (χ3n) is 4.78. The number of morpholine rings is 1. The van der Waals surface area contributed by atoms with Gasteiger partial charge in [0, 0.05) is 32.2 Å². The number of rotatable bonds is 3. The van der Waals surface area contributed by atoms with E-state index >= 15 is 0 Å². The molecule has 118 valence electrons. The van der Waals surface area contributed by atoms with Crippen LogP contribution in [0.15, 0.2) is 0 Å². The van der Waals surface area contributed by atoms with E-state index in [1.807, 2.05) is 4.90 Å². The first-order chi connectivity index (χ1) is 10.2. The standard InChI is InChI=1S/C15H25N3O3/c19-14(9-13-10-16-5-8-21-13)17-6-7-18(15(20)11-17)12-3-1-2-4-12/h12-13,16H,1-11H2/t13-/m1/s1. The third kappa shape index (κ3) is 3.55. The highest BCUT2D eigenvalue weighted by atomic mass is 16.5. The number of carbonyl (C=O) groups is 2. The number of nitrogens with zero attached hydrogens (tertiary/aromatic N) is 2. The second-order valence-corrected chi connectivity index (χ2v) is 6.24. The van der Waals surface area contributed by atoms with Gasteiger partial charge < -0.3 is 19.9 Å².